The third-order valence-corrected chi connectivity index (χ3v) is 3.66. The molecule has 19 heavy (non-hydrogen) atoms. The molecule has 0 saturated carbocycles. The van der Waals surface area contributed by atoms with Crippen LogP contribution in [0.25, 0.3) is 0 Å². The summed E-state index contributed by atoms with van der Waals surface area (Å²) in [4.78, 5) is 12.0. The summed E-state index contributed by atoms with van der Waals surface area (Å²) in [7, 11) is 0. The zero-order valence-corrected chi connectivity index (χ0v) is 11.3. The number of nitrogens with one attached hydrogen (secondary N) is 1. The summed E-state index contributed by atoms with van der Waals surface area (Å²) in [5.41, 5.74) is 0.214. The smallest absolute Gasteiger partial charge is 0.240 e. The lowest BCUT2D eigenvalue weighted by Crippen LogP contribution is -2.42. The molecule has 1 aromatic rings. The van der Waals surface area contributed by atoms with Crippen molar-refractivity contribution in [1.29, 1.82) is 5.26 Å². The van der Waals surface area contributed by atoms with Gasteiger partial charge < -0.3 is 10.1 Å². The van der Waals surface area contributed by atoms with Crippen LogP contribution >= 0.6 is 0 Å². The van der Waals surface area contributed by atoms with E-state index in [0.29, 0.717) is 13.0 Å². The van der Waals surface area contributed by atoms with Gasteiger partial charge >= 0.3 is 0 Å². The zero-order chi connectivity index (χ0) is 13.9. The molecule has 0 saturated heterocycles. The van der Waals surface area contributed by atoms with Gasteiger partial charge in [-0.15, -0.1) is 0 Å². The topological polar surface area (TPSA) is 62.1 Å². The van der Waals surface area contributed by atoms with E-state index in [9.17, 15) is 4.79 Å². The molecule has 100 valence electrons. The number of amides is 1. The van der Waals surface area contributed by atoms with Crippen LogP contribution in [-0.4, -0.2) is 18.6 Å². The summed E-state index contributed by atoms with van der Waals surface area (Å²) in [6, 6.07) is 9.94. The van der Waals surface area contributed by atoms with Gasteiger partial charge in [0.15, 0.2) is 0 Å². The normalized spacial score (nSPS) is 19.7. The van der Waals surface area contributed by atoms with E-state index in [2.05, 4.69) is 11.4 Å². The minimum absolute atomic E-state index is 0.0406. The first-order valence-corrected chi connectivity index (χ1v) is 6.53. The molecule has 1 amide bonds. The van der Waals surface area contributed by atoms with E-state index in [-0.39, 0.29) is 12.0 Å². The number of hydrogen-bond donors (Lipinski definition) is 1. The van der Waals surface area contributed by atoms with Gasteiger partial charge in [0.25, 0.3) is 0 Å². The number of rotatable bonds is 4. The predicted molar refractivity (Wildman–Crippen MR) is 71.6 cm³/mol. The molecule has 0 bridgehead atoms. The second-order valence-electron chi connectivity index (χ2n) is 5.06. The summed E-state index contributed by atoms with van der Waals surface area (Å²) >= 11 is 0. The standard InChI is InChI=1S/C15H18N2O2/c1-3-15(2,10-16)14(18)17-9-12-8-11-6-4-5-7-13(11)19-12/h4-7,12H,3,8-9H2,1-2H3,(H,17,18). The molecule has 4 nitrogen and oxygen atoms in total. The van der Waals surface area contributed by atoms with Crippen LogP contribution in [0.15, 0.2) is 24.3 Å². The molecular formula is C15H18N2O2. The van der Waals surface area contributed by atoms with Crippen molar-refractivity contribution in [3.05, 3.63) is 29.8 Å². The fourth-order valence-corrected chi connectivity index (χ4v) is 2.06. The second kappa shape index (κ2) is 5.31. The Labute approximate surface area is 113 Å². The lowest BCUT2D eigenvalue weighted by atomic mass is 9.88. The molecule has 1 aliphatic rings. The predicted octanol–water partition coefficient (Wildman–Crippen LogP) is 2.05. The van der Waals surface area contributed by atoms with Crippen LogP contribution in [0.1, 0.15) is 25.8 Å². The number of hydrogen-bond acceptors (Lipinski definition) is 3. The lowest BCUT2D eigenvalue weighted by molar-refractivity contribution is -0.127. The Morgan fingerprint density at radius 3 is 2.95 bits per heavy atom. The molecule has 1 aliphatic heterocycles. The van der Waals surface area contributed by atoms with Crippen molar-refractivity contribution in [3.63, 3.8) is 0 Å². The van der Waals surface area contributed by atoms with Gasteiger partial charge in [0.1, 0.15) is 17.3 Å². The molecular weight excluding hydrogens is 240 g/mol. The molecule has 1 aromatic carbocycles. The largest absolute Gasteiger partial charge is 0.488 e. The van der Waals surface area contributed by atoms with Crippen molar-refractivity contribution in [3.8, 4) is 11.8 Å². The van der Waals surface area contributed by atoms with Crippen LogP contribution in [0.5, 0.6) is 5.75 Å². The van der Waals surface area contributed by atoms with Crippen molar-refractivity contribution in [2.45, 2.75) is 32.8 Å². The Balaban J connectivity index is 1.89. The maximum absolute atomic E-state index is 12.0. The highest BCUT2D eigenvalue weighted by Crippen LogP contribution is 2.28. The minimum Gasteiger partial charge on any atom is -0.488 e. The Kier molecular flexibility index (Phi) is 3.75. The number of nitriles is 1. The van der Waals surface area contributed by atoms with E-state index in [0.717, 1.165) is 12.2 Å². The number of benzene rings is 1. The first-order valence-electron chi connectivity index (χ1n) is 6.53. The van der Waals surface area contributed by atoms with Gasteiger partial charge in [0, 0.05) is 6.42 Å². The van der Waals surface area contributed by atoms with Crippen molar-refractivity contribution < 1.29 is 9.53 Å². The maximum atomic E-state index is 12.0. The highest BCUT2D eigenvalue weighted by atomic mass is 16.5. The Bertz CT molecular complexity index is 496. The van der Waals surface area contributed by atoms with Gasteiger partial charge in [-0.3, -0.25) is 4.79 Å². The van der Waals surface area contributed by atoms with Crippen LogP contribution in [0.3, 0.4) is 0 Å². The monoisotopic (exact) mass is 258 g/mol. The molecule has 1 N–H and O–H groups in total. The molecule has 0 fully saturated rings. The van der Waals surface area contributed by atoms with E-state index in [1.54, 1.807) is 6.92 Å². The first kappa shape index (κ1) is 13.4. The highest BCUT2D eigenvalue weighted by molar-refractivity contribution is 5.84. The van der Waals surface area contributed by atoms with Gasteiger partial charge in [0.2, 0.25) is 5.91 Å². The number of carbonyl (C=O) groups excluding carboxylic acids is 1. The fraction of sp³-hybridized carbons (Fsp3) is 0.467. The number of fused-ring (bicyclic) bond motifs is 1. The lowest BCUT2D eigenvalue weighted by Gasteiger charge is -2.20. The van der Waals surface area contributed by atoms with E-state index in [4.69, 9.17) is 10.00 Å². The average Bonchev–Trinajstić information content (AvgIpc) is 2.86. The van der Waals surface area contributed by atoms with E-state index >= 15 is 0 Å². The molecule has 0 radical (unpaired) electrons. The summed E-state index contributed by atoms with van der Waals surface area (Å²) in [5, 5.41) is 11.9. The SMILES string of the molecule is CCC(C)(C#N)C(=O)NCC1Cc2ccccc2O1. The summed E-state index contributed by atoms with van der Waals surface area (Å²) in [6.45, 7) is 3.93. The fourth-order valence-electron chi connectivity index (χ4n) is 2.06. The van der Waals surface area contributed by atoms with Crippen LogP contribution < -0.4 is 10.1 Å². The molecule has 4 heteroatoms. The number of carbonyl (C=O) groups is 1. The van der Waals surface area contributed by atoms with Gasteiger partial charge in [-0.1, -0.05) is 25.1 Å². The van der Waals surface area contributed by atoms with Gasteiger partial charge in [-0.25, -0.2) is 0 Å². The molecule has 0 spiro atoms. The zero-order valence-electron chi connectivity index (χ0n) is 11.3. The average molecular weight is 258 g/mol. The molecule has 0 aromatic heterocycles. The molecule has 1 heterocycles. The number of nitrogens with zero attached hydrogens (tertiary/aromatic N) is 1. The van der Waals surface area contributed by atoms with Gasteiger partial charge in [0.05, 0.1) is 12.6 Å². The van der Waals surface area contributed by atoms with Gasteiger partial charge in [-0.2, -0.15) is 5.26 Å². The van der Waals surface area contributed by atoms with Crippen molar-refractivity contribution >= 4 is 5.91 Å². The highest BCUT2D eigenvalue weighted by Gasteiger charge is 2.32. The quantitative estimate of drug-likeness (QED) is 0.899. The van der Waals surface area contributed by atoms with Crippen LogP contribution in [0, 0.1) is 16.7 Å². The number of ether oxygens (including phenoxy) is 1. The van der Waals surface area contributed by atoms with Crippen LogP contribution in [0.2, 0.25) is 0 Å². The second-order valence-corrected chi connectivity index (χ2v) is 5.06. The molecule has 2 unspecified atom stereocenters. The van der Waals surface area contributed by atoms with Crippen LogP contribution in [-0.2, 0) is 11.2 Å². The number of para-hydroxylation sites is 1. The maximum Gasteiger partial charge on any atom is 0.240 e. The van der Waals surface area contributed by atoms with Crippen molar-refractivity contribution in [1.82, 2.24) is 5.32 Å². The first-order chi connectivity index (χ1) is 9.09. The van der Waals surface area contributed by atoms with E-state index < -0.39 is 5.41 Å². The Hall–Kier alpha value is -2.02. The van der Waals surface area contributed by atoms with E-state index in [1.165, 1.54) is 5.56 Å². The van der Waals surface area contributed by atoms with Crippen molar-refractivity contribution in [2.75, 3.05) is 6.54 Å². The Morgan fingerprint density at radius 2 is 2.32 bits per heavy atom. The third-order valence-electron chi connectivity index (χ3n) is 3.66. The molecule has 2 atom stereocenters. The molecule has 0 aliphatic carbocycles. The van der Waals surface area contributed by atoms with E-state index in [1.807, 2.05) is 31.2 Å². The summed E-state index contributed by atoms with van der Waals surface area (Å²) < 4.78 is 5.74. The third kappa shape index (κ3) is 2.70. The van der Waals surface area contributed by atoms with Crippen molar-refractivity contribution in [2.24, 2.45) is 5.41 Å². The van der Waals surface area contributed by atoms with Crippen LogP contribution in [0.4, 0.5) is 0 Å². The summed E-state index contributed by atoms with van der Waals surface area (Å²) in [6.07, 6.45) is 1.26. The van der Waals surface area contributed by atoms with Gasteiger partial charge in [-0.05, 0) is 25.0 Å². The molecule has 2 rings (SSSR count). The minimum atomic E-state index is -0.953. The Morgan fingerprint density at radius 1 is 1.58 bits per heavy atom. The summed E-state index contributed by atoms with van der Waals surface area (Å²) in [5.74, 6) is 0.664.